The maximum Gasteiger partial charge on any atom is 0.264 e. The first-order valence-corrected chi connectivity index (χ1v) is 9.95. The van der Waals surface area contributed by atoms with Crippen molar-refractivity contribution in [3.05, 3.63) is 40.4 Å². The van der Waals surface area contributed by atoms with Crippen LogP contribution in [0.5, 0.6) is 0 Å². The lowest BCUT2D eigenvalue weighted by molar-refractivity contribution is 0.185. The molecule has 0 unspecified atom stereocenters. The Morgan fingerprint density at radius 1 is 1.18 bits per heavy atom. The van der Waals surface area contributed by atoms with Gasteiger partial charge in [0.15, 0.2) is 0 Å². The average Bonchev–Trinajstić information content (AvgIpc) is 2.96. The van der Waals surface area contributed by atoms with Gasteiger partial charge in [-0.25, -0.2) is 4.39 Å². The molecule has 2 fully saturated rings. The van der Waals surface area contributed by atoms with E-state index in [1.807, 2.05) is 0 Å². The summed E-state index contributed by atoms with van der Waals surface area (Å²) in [6.45, 7) is 3.87. The highest BCUT2D eigenvalue weighted by atomic mass is 19.1. The molecule has 7 heteroatoms. The molecule has 2 aliphatic rings. The number of halogens is 1. The van der Waals surface area contributed by atoms with E-state index < -0.39 is 0 Å². The fourth-order valence-electron chi connectivity index (χ4n) is 4.98. The van der Waals surface area contributed by atoms with Crippen molar-refractivity contribution in [1.82, 2.24) is 9.55 Å². The Hall–Kier alpha value is -2.41. The summed E-state index contributed by atoms with van der Waals surface area (Å²) in [5, 5.41) is 0. The van der Waals surface area contributed by atoms with Crippen LogP contribution in [0, 0.1) is 17.2 Å². The van der Waals surface area contributed by atoms with Crippen molar-refractivity contribution in [3.63, 3.8) is 0 Å². The van der Waals surface area contributed by atoms with Crippen LogP contribution in [0.25, 0.3) is 11.1 Å². The Kier molecular flexibility index (Phi) is 4.65. The molecule has 1 spiro atoms. The lowest BCUT2D eigenvalue weighted by atomic mass is 9.73. The highest BCUT2D eigenvalue weighted by molar-refractivity contribution is 5.73. The standard InChI is InChI=1S/C21H28FN5O/c1-13-7-8-21(17(13)23)9-11-27(12-10-21)20-25-18(24)16(19(28)26(20)2)14-3-5-15(22)6-4-14/h3-6,13,17H,7-12,23-24H2,1-2H3/t13-,17-/m1/s1. The SMILES string of the molecule is C[C@@H]1CCC2(CCN(c3nc(N)c(-c4ccc(F)cc4)c(=O)n3C)CC2)[C@@H]1N. The number of benzene rings is 1. The van der Waals surface area contributed by atoms with Crippen LogP contribution >= 0.6 is 0 Å². The maximum atomic E-state index is 13.2. The molecule has 1 aliphatic heterocycles. The molecule has 2 aromatic rings. The van der Waals surface area contributed by atoms with E-state index in [1.165, 1.54) is 25.0 Å². The van der Waals surface area contributed by atoms with Gasteiger partial charge in [-0.1, -0.05) is 19.1 Å². The first-order chi connectivity index (χ1) is 13.3. The second-order valence-electron chi connectivity index (χ2n) is 8.43. The number of nitrogen functional groups attached to an aromatic ring is 1. The van der Waals surface area contributed by atoms with Crippen molar-refractivity contribution in [1.29, 1.82) is 0 Å². The largest absolute Gasteiger partial charge is 0.383 e. The zero-order chi connectivity index (χ0) is 20.1. The second kappa shape index (κ2) is 6.88. The van der Waals surface area contributed by atoms with E-state index in [-0.39, 0.29) is 28.7 Å². The van der Waals surface area contributed by atoms with E-state index in [4.69, 9.17) is 11.5 Å². The molecule has 1 aliphatic carbocycles. The van der Waals surface area contributed by atoms with Crippen LogP contribution in [0.1, 0.15) is 32.6 Å². The second-order valence-corrected chi connectivity index (χ2v) is 8.43. The predicted octanol–water partition coefficient (Wildman–Crippen LogP) is 2.51. The molecule has 0 bridgehead atoms. The van der Waals surface area contributed by atoms with Crippen molar-refractivity contribution >= 4 is 11.8 Å². The number of rotatable bonds is 2. The minimum atomic E-state index is -0.356. The Morgan fingerprint density at radius 2 is 1.82 bits per heavy atom. The summed E-state index contributed by atoms with van der Waals surface area (Å²) in [5.41, 5.74) is 13.5. The van der Waals surface area contributed by atoms with Crippen molar-refractivity contribution in [3.8, 4) is 11.1 Å². The molecular formula is C21H28FN5O. The molecule has 4 rings (SSSR count). The molecule has 0 amide bonds. The van der Waals surface area contributed by atoms with Crippen LogP contribution in [-0.2, 0) is 7.05 Å². The van der Waals surface area contributed by atoms with Crippen molar-refractivity contribution in [2.75, 3.05) is 23.7 Å². The molecule has 6 nitrogen and oxygen atoms in total. The zero-order valence-electron chi connectivity index (χ0n) is 16.5. The van der Waals surface area contributed by atoms with E-state index in [2.05, 4.69) is 16.8 Å². The van der Waals surface area contributed by atoms with Crippen molar-refractivity contribution in [2.24, 2.45) is 24.1 Å². The van der Waals surface area contributed by atoms with Gasteiger partial charge in [-0.05, 0) is 54.7 Å². The Balaban J connectivity index is 1.62. The number of nitrogens with zero attached hydrogens (tertiary/aromatic N) is 3. The van der Waals surface area contributed by atoms with Gasteiger partial charge in [0.1, 0.15) is 11.6 Å². The Labute approximate surface area is 164 Å². The molecule has 0 radical (unpaired) electrons. The maximum absolute atomic E-state index is 13.2. The predicted molar refractivity (Wildman–Crippen MR) is 110 cm³/mol. The molecule has 1 saturated heterocycles. The van der Waals surface area contributed by atoms with Gasteiger partial charge in [0.2, 0.25) is 5.95 Å². The third-order valence-electron chi connectivity index (χ3n) is 6.89. The van der Waals surface area contributed by atoms with Gasteiger partial charge < -0.3 is 16.4 Å². The third-order valence-corrected chi connectivity index (χ3v) is 6.89. The van der Waals surface area contributed by atoms with Gasteiger partial charge in [0, 0.05) is 26.2 Å². The molecule has 1 saturated carbocycles. The Morgan fingerprint density at radius 3 is 2.39 bits per heavy atom. The van der Waals surface area contributed by atoms with E-state index in [0.717, 1.165) is 25.9 Å². The van der Waals surface area contributed by atoms with E-state index >= 15 is 0 Å². The third kappa shape index (κ3) is 2.98. The highest BCUT2D eigenvalue weighted by Crippen LogP contribution is 2.48. The van der Waals surface area contributed by atoms with Crippen LogP contribution in [0.4, 0.5) is 16.2 Å². The molecule has 2 atom stereocenters. The first-order valence-electron chi connectivity index (χ1n) is 9.95. The fourth-order valence-corrected chi connectivity index (χ4v) is 4.98. The summed E-state index contributed by atoms with van der Waals surface area (Å²) in [6.07, 6.45) is 4.39. The van der Waals surface area contributed by atoms with Crippen molar-refractivity contribution < 1.29 is 4.39 Å². The summed E-state index contributed by atoms with van der Waals surface area (Å²) >= 11 is 0. The van der Waals surface area contributed by atoms with Crippen LogP contribution in [0.2, 0.25) is 0 Å². The summed E-state index contributed by atoms with van der Waals surface area (Å²) in [4.78, 5) is 19.7. The number of hydrogen-bond acceptors (Lipinski definition) is 5. The van der Waals surface area contributed by atoms with Crippen molar-refractivity contribution in [2.45, 2.75) is 38.6 Å². The Bertz CT molecular complexity index is 931. The normalized spacial score (nSPS) is 24.1. The fraction of sp³-hybridized carbons (Fsp3) is 0.524. The quantitative estimate of drug-likeness (QED) is 0.829. The summed E-state index contributed by atoms with van der Waals surface area (Å²) in [7, 11) is 1.71. The van der Waals surface area contributed by atoms with E-state index in [9.17, 15) is 9.18 Å². The monoisotopic (exact) mass is 385 g/mol. The number of aromatic nitrogens is 2. The molecule has 1 aromatic heterocycles. The van der Waals surface area contributed by atoms with E-state index in [1.54, 1.807) is 23.7 Å². The molecule has 2 heterocycles. The highest BCUT2D eigenvalue weighted by Gasteiger charge is 2.46. The first kappa shape index (κ1) is 18.9. The number of piperidine rings is 1. The summed E-state index contributed by atoms with van der Waals surface area (Å²) in [5.74, 6) is 0.976. The summed E-state index contributed by atoms with van der Waals surface area (Å²) in [6, 6.07) is 5.99. The van der Waals surface area contributed by atoms with Gasteiger partial charge in [-0.3, -0.25) is 9.36 Å². The van der Waals surface area contributed by atoms with Gasteiger partial charge in [-0.2, -0.15) is 4.98 Å². The van der Waals surface area contributed by atoms with Gasteiger partial charge in [0.05, 0.1) is 5.56 Å². The minimum absolute atomic E-state index is 0.177. The molecule has 1 aromatic carbocycles. The zero-order valence-corrected chi connectivity index (χ0v) is 16.5. The van der Waals surface area contributed by atoms with Gasteiger partial charge in [-0.15, -0.1) is 0 Å². The van der Waals surface area contributed by atoms with Gasteiger partial charge >= 0.3 is 0 Å². The number of hydrogen-bond donors (Lipinski definition) is 2. The number of nitrogens with two attached hydrogens (primary N) is 2. The minimum Gasteiger partial charge on any atom is -0.383 e. The molecular weight excluding hydrogens is 357 g/mol. The van der Waals surface area contributed by atoms with E-state index in [0.29, 0.717) is 23.0 Å². The average molecular weight is 385 g/mol. The molecule has 4 N–H and O–H groups in total. The molecule has 28 heavy (non-hydrogen) atoms. The lowest BCUT2D eigenvalue weighted by Gasteiger charge is -2.43. The van der Waals surface area contributed by atoms with Crippen LogP contribution in [-0.4, -0.2) is 28.7 Å². The van der Waals surface area contributed by atoms with Crippen LogP contribution in [0.15, 0.2) is 29.1 Å². The lowest BCUT2D eigenvalue weighted by Crippen LogP contribution is -2.49. The van der Waals surface area contributed by atoms with Crippen LogP contribution < -0.4 is 21.9 Å². The van der Waals surface area contributed by atoms with Crippen LogP contribution in [0.3, 0.4) is 0 Å². The number of anilines is 2. The summed E-state index contributed by atoms with van der Waals surface area (Å²) < 4.78 is 14.8. The van der Waals surface area contributed by atoms with Gasteiger partial charge in [0.25, 0.3) is 5.56 Å². The topological polar surface area (TPSA) is 90.2 Å². The molecule has 150 valence electrons. The smallest absolute Gasteiger partial charge is 0.264 e.